The molecule has 0 aromatic carbocycles. The molecule has 1 saturated carbocycles. The van der Waals surface area contributed by atoms with Crippen LogP contribution in [0.1, 0.15) is 61.5 Å². The number of nitrogens with one attached hydrogen (secondary N) is 1. The molecule has 1 aromatic rings. The van der Waals surface area contributed by atoms with Gasteiger partial charge in [0, 0.05) is 17.3 Å². The van der Waals surface area contributed by atoms with E-state index in [1.54, 1.807) is 12.1 Å². The van der Waals surface area contributed by atoms with Gasteiger partial charge >= 0.3 is 0 Å². The summed E-state index contributed by atoms with van der Waals surface area (Å²) in [6, 6.07) is 3.72. The molecule has 1 aliphatic rings. The van der Waals surface area contributed by atoms with Gasteiger partial charge in [-0.1, -0.05) is 31.4 Å². The normalized spacial score (nSPS) is 22.6. The first-order valence-corrected chi connectivity index (χ1v) is 7.91. The van der Waals surface area contributed by atoms with Crippen LogP contribution in [0.3, 0.4) is 0 Å². The maximum atomic E-state index is 12.2. The van der Waals surface area contributed by atoms with Crippen LogP contribution in [0.4, 0.5) is 0 Å². The topological polar surface area (TPSA) is 42.0 Å². The Balaban J connectivity index is 1.89. The molecule has 110 valence electrons. The molecule has 0 bridgehead atoms. The first-order chi connectivity index (χ1) is 9.58. The van der Waals surface area contributed by atoms with Crippen LogP contribution in [0.25, 0.3) is 0 Å². The number of rotatable bonds is 4. The molecule has 4 heteroatoms. The fourth-order valence-corrected chi connectivity index (χ4v) is 3.28. The van der Waals surface area contributed by atoms with Crippen molar-refractivity contribution in [1.82, 2.24) is 10.3 Å². The second-order valence-corrected chi connectivity index (χ2v) is 6.19. The maximum Gasteiger partial charge on any atom is 0.251 e. The van der Waals surface area contributed by atoms with Gasteiger partial charge in [0.15, 0.2) is 0 Å². The molecule has 20 heavy (non-hydrogen) atoms. The van der Waals surface area contributed by atoms with Crippen molar-refractivity contribution in [3.8, 4) is 0 Å². The van der Waals surface area contributed by atoms with Gasteiger partial charge in [0.2, 0.25) is 0 Å². The lowest BCUT2D eigenvalue weighted by molar-refractivity contribution is 0.0921. The van der Waals surface area contributed by atoms with Gasteiger partial charge in [-0.15, -0.1) is 0 Å². The minimum absolute atomic E-state index is 0.0312. The van der Waals surface area contributed by atoms with Crippen molar-refractivity contribution in [1.29, 1.82) is 0 Å². The van der Waals surface area contributed by atoms with Crippen molar-refractivity contribution in [2.75, 3.05) is 0 Å². The second kappa shape index (κ2) is 7.07. The van der Waals surface area contributed by atoms with E-state index in [1.165, 1.54) is 25.7 Å². The molecule has 1 N–H and O–H groups in total. The molecule has 2 rings (SSSR count). The maximum absolute atomic E-state index is 12.2. The summed E-state index contributed by atoms with van der Waals surface area (Å²) in [5, 5.41) is 3.50. The van der Waals surface area contributed by atoms with Crippen molar-refractivity contribution >= 4 is 17.5 Å². The van der Waals surface area contributed by atoms with Gasteiger partial charge < -0.3 is 5.32 Å². The van der Waals surface area contributed by atoms with Crippen molar-refractivity contribution in [2.45, 2.75) is 58.4 Å². The second-order valence-electron chi connectivity index (χ2n) is 5.80. The molecule has 0 aliphatic heterocycles. The van der Waals surface area contributed by atoms with Gasteiger partial charge in [0.05, 0.1) is 0 Å². The van der Waals surface area contributed by atoms with Crippen molar-refractivity contribution in [2.24, 2.45) is 5.92 Å². The summed E-state index contributed by atoms with van der Waals surface area (Å²) >= 11 is 5.90. The number of pyridine rings is 1. The third-order valence-electron chi connectivity index (χ3n) is 4.06. The molecule has 1 heterocycles. The van der Waals surface area contributed by atoms with E-state index < -0.39 is 0 Å². The monoisotopic (exact) mass is 294 g/mol. The minimum atomic E-state index is -0.0312. The Morgan fingerprint density at radius 1 is 1.35 bits per heavy atom. The molecule has 3 nitrogen and oxygen atoms in total. The van der Waals surface area contributed by atoms with Crippen LogP contribution in [-0.2, 0) is 0 Å². The van der Waals surface area contributed by atoms with Crippen LogP contribution in [0.15, 0.2) is 12.1 Å². The van der Waals surface area contributed by atoms with Crippen LogP contribution in [-0.4, -0.2) is 16.9 Å². The fourth-order valence-electron chi connectivity index (χ4n) is 3.03. The van der Waals surface area contributed by atoms with E-state index in [0.717, 1.165) is 24.5 Å². The molecule has 1 aromatic heterocycles. The Labute approximate surface area is 126 Å². The standard InChI is InChI=1S/C16H23ClN2O/c1-3-4-12-5-7-14(8-6-12)19-16(20)13-9-11(2)18-15(17)10-13/h9-10,12,14H,3-8H2,1-2H3,(H,19,20). The molecule has 0 unspecified atom stereocenters. The summed E-state index contributed by atoms with van der Waals surface area (Å²) in [5.74, 6) is 0.821. The Hall–Kier alpha value is -1.09. The van der Waals surface area contributed by atoms with E-state index in [-0.39, 0.29) is 5.91 Å². The molecule has 0 spiro atoms. The molecule has 0 radical (unpaired) electrons. The summed E-state index contributed by atoms with van der Waals surface area (Å²) in [6.45, 7) is 4.09. The van der Waals surface area contributed by atoms with Crippen LogP contribution in [0, 0.1) is 12.8 Å². The summed E-state index contributed by atoms with van der Waals surface area (Å²) in [7, 11) is 0. The van der Waals surface area contributed by atoms with Crippen molar-refractivity contribution in [3.05, 3.63) is 28.5 Å². The molecule has 0 saturated heterocycles. The molecule has 1 aliphatic carbocycles. The van der Waals surface area contributed by atoms with E-state index in [2.05, 4.69) is 17.2 Å². The lowest BCUT2D eigenvalue weighted by Gasteiger charge is -2.29. The van der Waals surface area contributed by atoms with E-state index in [1.807, 2.05) is 6.92 Å². The Bertz CT molecular complexity index is 447. The van der Waals surface area contributed by atoms with Gasteiger partial charge in [-0.25, -0.2) is 4.98 Å². The summed E-state index contributed by atoms with van der Waals surface area (Å²) < 4.78 is 0. The highest BCUT2D eigenvalue weighted by Crippen LogP contribution is 2.27. The van der Waals surface area contributed by atoms with Gasteiger partial charge in [0.1, 0.15) is 5.15 Å². The number of hydrogen-bond donors (Lipinski definition) is 1. The highest BCUT2D eigenvalue weighted by molar-refractivity contribution is 6.29. The smallest absolute Gasteiger partial charge is 0.251 e. The average molecular weight is 295 g/mol. The van der Waals surface area contributed by atoms with Crippen LogP contribution < -0.4 is 5.32 Å². The number of nitrogens with zero attached hydrogens (tertiary/aromatic N) is 1. The lowest BCUT2D eigenvalue weighted by atomic mass is 9.83. The molecule has 1 amide bonds. The van der Waals surface area contributed by atoms with Crippen molar-refractivity contribution in [3.63, 3.8) is 0 Å². The Morgan fingerprint density at radius 3 is 2.65 bits per heavy atom. The van der Waals surface area contributed by atoms with Crippen molar-refractivity contribution < 1.29 is 4.79 Å². The molecule has 1 fully saturated rings. The van der Waals surface area contributed by atoms with Crippen LogP contribution in [0.2, 0.25) is 5.15 Å². The zero-order valence-corrected chi connectivity index (χ0v) is 13.0. The number of aromatic nitrogens is 1. The largest absolute Gasteiger partial charge is 0.349 e. The quantitative estimate of drug-likeness (QED) is 0.848. The number of aryl methyl sites for hydroxylation is 1. The van der Waals surface area contributed by atoms with E-state index in [9.17, 15) is 4.79 Å². The first-order valence-electron chi connectivity index (χ1n) is 7.53. The average Bonchev–Trinajstić information content (AvgIpc) is 2.40. The third-order valence-corrected chi connectivity index (χ3v) is 4.26. The van der Waals surface area contributed by atoms with Gasteiger partial charge in [0.25, 0.3) is 5.91 Å². The SMILES string of the molecule is CCCC1CCC(NC(=O)c2cc(C)nc(Cl)c2)CC1. The number of halogens is 1. The van der Waals surface area contributed by atoms with Gasteiger partial charge in [-0.3, -0.25) is 4.79 Å². The minimum Gasteiger partial charge on any atom is -0.349 e. The first kappa shape index (κ1) is 15.3. The highest BCUT2D eigenvalue weighted by Gasteiger charge is 2.22. The van der Waals surface area contributed by atoms with Crippen LogP contribution >= 0.6 is 11.6 Å². The van der Waals surface area contributed by atoms with E-state index in [4.69, 9.17) is 11.6 Å². The summed E-state index contributed by atoms with van der Waals surface area (Å²) in [5.41, 5.74) is 1.38. The zero-order chi connectivity index (χ0) is 14.5. The summed E-state index contributed by atoms with van der Waals surface area (Å²) in [6.07, 6.45) is 7.22. The number of amides is 1. The lowest BCUT2D eigenvalue weighted by Crippen LogP contribution is -2.37. The Morgan fingerprint density at radius 2 is 2.05 bits per heavy atom. The third kappa shape index (κ3) is 4.20. The molecular formula is C16H23ClN2O. The van der Waals surface area contributed by atoms with E-state index >= 15 is 0 Å². The molecular weight excluding hydrogens is 272 g/mol. The molecule has 0 atom stereocenters. The number of carbonyl (C=O) groups is 1. The predicted octanol–water partition coefficient (Wildman–Crippen LogP) is 4.13. The van der Waals surface area contributed by atoms with Crippen LogP contribution in [0.5, 0.6) is 0 Å². The summed E-state index contributed by atoms with van der Waals surface area (Å²) in [4.78, 5) is 16.3. The Kier molecular flexibility index (Phi) is 5.41. The zero-order valence-electron chi connectivity index (χ0n) is 12.3. The van der Waals surface area contributed by atoms with E-state index in [0.29, 0.717) is 16.8 Å². The van der Waals surface area contributed by atoms with Gasteiger partial charge in [-0.2, -0.15) is 0 Å². The number of hydrogen-bond acceptors (Lipinski definition) is 2. The predicted molar refractivity (Wildman–Crippen MR) is 82.1 cm³/mol. The number of carbonyl (C=O) groups excluding carboxylic acids is 1. The van der Waals surface area contributed by atoms with Gasteiger partial charge in [-0.05, 0) is 50.7 Å². The highest BCUT2D eigenvalue weighted by atomic mass is 35.5. The fraction of sp³-hybridized carbons (Fsp3) is 0.625.